The average Bonchev–Trinajstić information content (AvgIpc) is 2.88. The molecule has 118 valence electrons. The van der Waals surface area contributed by atoms with Crippen molar-refractivity contribution in [3.8, 4) is 5.75 Å². The van der Waals surface area contributed by atoms with Gasteiger partial charge >= 0.3 is 0 Å². The third-order valence-electron chi connectivity index (χ3n) is 4.46. The van der Waals surface area contributed by atoms with Gasteiger partial charge in [-0.05, 0) is 42.5 Å². The van der Waals surface area contributed by atoms with Crippen LogP contribution < -0.4 is 10.1 Å². The van der Waals surface area contributed by atoms with Crippen molar-refractivity contribution in [3.63, 3.8) is 0 Å². The number of likely N-dealkylation sites (tertiary alicyclic amines) is 1. The van der Waals surface area contributed by atoms with Gasteiger partial charge in [-0.1, -0.05) is 19.9 Å². The minimum atomic E-state index is -0.0190. The van der Waals surface area contributed by atoms with Crippen molar-refractivity contribution in [1.82, 2.24) is 4.90 Å². The average molecular weight is 300 g/mol. The van der Waals surface area contributed by atoms with Crippen LogP contribution in [0.5, 0.6) is 5.75 Å². The van der Waals surface area contributed by atoms with Crippen molar-refractivity contribution in [2.75, 3.05) is 19.0 Å². The standard InChI is InChI=1S/C18H24N2O2/c1-11(2)9-16(21)20-8-7-13-10-14-12(3)5-6-15(22-4)17(14)19-18(13)20/h5-6,10-11,18-19H,7-9H2,1-4H3. The molecule has 1 aromatic rings. The Bertz CT molecular complexity index is 634. The number of fused-ring (bicyclic) bond motifs is 2. The Morgan fingerprint density at radius 2 is 2.23 bits per heavy atom. The van der Waals surface area contributed by atoms with Crippen molar-refractivity contribution in [3.05, 3.63) is 28.8 Å². The Morgan fingerprint density at radius 3 is 2.91 bits per heavy atom. The first-order valence-electron chi connectivity index (χ1n) is 7.95. The smallest absolute Gasteiger partial charge is 0.224 e. The number of nitrogens with zero attached hydrogens (tertiary/aromatic N) is 1. The van der Waals surface area contributed by atoms with Gasteiger partial charge in [0.2, 0.25) is 5.91 Å². The maximum absolute atomic E-state index is 12.5. The number of carbonyl (C=O) groups excluding carboxylic acids is 1. The molecule has 0 aromatic heterocycles. The molecule has 0 aliphatic carbocycles. The second-order valence-electron chi connectivity index (χ2n) is 6.57. The maximum Gasteiger partial charge on any atom is 0.224 e. The van der Waals surface area contributed by atoms with Gasteiger partial charge in [-0.15, -0.1) is 0 Å². The third kappa shape index (κ3) is 2.47. The number of hydrogen-bond donors (Lipinski definition) is 1. The number of amides is 1. The van der Waals surface area contributed by atoms with Crippen LogP contribution in [-0.4, -0.2) is 30.6 Å². The minimum absolute atomic E-state index is 0.0190. The molecule has 1 saturated heterocycles. The summed E-state index contributed by atoms with van der Waals surface area (Å²) in [7, 11) is 1.68. The number of hydrogen-bond acceptors (Lipinski definition) is 3. The Hall–Kier alpha value is -1.97. The number of carbonyl (C=O) groups is 1. The maximum atomic E-state index is 12.5. The summed E-state index contributed by atoms with van der Waals surface area (Å²) in [5.41, 5.74) is 4.70. The summed E-state index contributed by atoms with van der Waals surface area (Å²) in [5, 5.41) is 3.54. The van der Waals surface area contributed by atoms with Gasteiger partial charge in [-0.2, -0.15) is 0 Å². The lowest BCUT2D eigenvalue weighted by Gasteiger charge is -2.32. The summed E-state index contributed by atoms with van der Waals surface area (Å²) in [6.07, 6.45) is 3.76. The largest absolute Gasteiger partial charge is 0.495 e. The number of methoxy groups -OCH3 is 1. The van der Waals surface area contributed by atoms with Gasteiger partial charge < -0.3 is 15.0 Å². The molecule has 0 spiro atoms. The summed E-state index contributed by atoms with van der Waals surface area (Å²) >= 11 is 0. The van der Waals surface area contributed by atoms with E-state index < -0.39 is 0 Å². The molecule has 1 aromatic carbocycles. The van der Waals surface area contributed by atoms with E-state index in [0.29, 0.717) is 12.3 Å². The van der Waals surface area contributed by atoms with Crippen LogP contribution in [0.15, 0.2) is 17.7 Å². The van der Waals surface area contributed by atoms with E-state index >= 15 is 0 Å². The Labute approximate surface area is 132 Å². The fraction of sp³-hybridized carbons (Fsp3) is 0.500. The molecule has 1 amide bonds. The molecule has 4 heteroatoms. The summed E-state index contributed by atoms with van der Waals surface area (Å²) < 4.78 is 5.48. The molecule has 3 rings (SSSR count). The fourth-order valence-electron chi connectivity index (χ4n) is 3.30. The molecule has 4 nitrogen and oxygen atoms in total. The zero-order valence-electron chi connectivity index (χ0n) is 13.8. The summed E-state index contributed by atoms with van der Waals surface area (Å²) in [4.78, 5) is 14.4. The lowest BCUT2D eigenvalue weighted by molar-refractivity contribution is -0.132. The first-order chi connectivity index (χ1) is 10.5. The van der Waals surface area contributed by atoms with Crippen LogP contribution in [0.2, 0.25) is 0 Å². The normalized spacial score (nSPS) is 19.4. The van der Waals surface area contributed by atoms with Crippen LogP contribution in [0.3, 0.4) is 0 Å². The molecule has 2 aliphatic rings. The second kappa shape index (κ2) is 5.67. The molecule has 1 atom stereocenters. The number of ether oxygens (including phenoxy) is 1. The van der Waals surface area contributed by atoms with Gasteiger partial charge in [0.05, 0.1) is 12.8 Å². The molecule has 1 N–H and O–H groups in total. The van der Waals surface area contributed by atoms with Gasteiger partial charge in [-0.25, -0.2) is 0 Å². The quantitative estimate of drug-likeness (QED) is 0.930. The number of nitrogens with one attached hydrogen (secondary N) is 1. The van der Waals surface area contributed by atoms with Crippen molar-refractivity contribution in [2.45, 2.75) is 39.8 Å². The van der Waals surface area contributed by atoms with Gasteiger partial charge in [0.1, 0.15) is 11.9 Å². The Balaban J connectivity index is 1.93. The van der Waals surface area contributed by atoms with Crippen molar-refractivity contribution in [2.24, 2.45) is 5.92 Å². The van der Waals surface area contributed by atoms with Gasteiger partial charge in [0.15, 0.2) is 0 Å². The van der Waals surface area contributed by atoms with Crippen LogP contribution in [0.25, 0.3) is 6.08 Å². The highest BCUT2D eigenvalue weighted by Crippen LogP contribution is 2.40. The van der Waals surface area contributed by atoms with Crippen LogP contribution in [0.4, 0.5) is 5.69 Å². The molecular weight excluding hydrogens is 276 g/mol. The second-order valence-corrected chi connectivity index (χ2v) is 6.57. The summed E-state index contributed by atoms with van der Waals surface area (Å²) in [6.45, 7) is 7.07. The van der Waals surface area contributed by atoms with Gasteiger partial charge in [0.25, 0.3) is 0 Å². The highest BCUT2D eigenvalue weighted by Gasteiger charge is 2.36. The van der Waals surface area contributed by atoms with E-state index in [0.717, 1.165) is 24.4 Å². The molecule has 1 fully saturated rings. The number of aryl methyl sites for hydroxylation is 1. The zero-order valence-corrected chi connectivity index (χ0v) is 13.8. The van der Waals surface area contributed by atoms with Crippen LogP contribution >= 0.6 is 0 Å². The number of anilines is 1. The number of rotatable bonds is 3. The summed E-state index contributed by atoms with van der Waals surface area (Å²) in [5.74, 6) is 1.44. The monoisotopic (exact) mass is 300 g/mol. The van der Waals surface area contributed by atoms with Crippen LogP contribution in [0.1, 0.15) is 37.8 Å². The minimum Gasteiger partial charge on any atom is -0.495 e. The molecule has 2 heterocycles. The van der Waals surface area contributed by atoms with Gasteiger partial charge in [-0.3, -0.25) is 4.79 Å². The van der Waals surface area contributed by atoms with Crippen molar-refractivity contribution in [1.29, 1.82) is 0 Å². The van der Waals surface area contributed by atoms with E-state index in [9.17, 15) is 4.79 Å². The predicted octanol–water partition coefficient (Wildman–Crippen LogP) is 3.42. The lowest BCUT2D eigenvalue weighted by atomic mass is 9.97. The Kier molecular flexibility index (Phi) is 3.85. The van der Waals surface area contributed by atoms with E-state index in [1.807, 2.05) is 11.0 Å². The number of benzene rings is 1. The molecule has 2 aliphatic heterocycles. The first-order valence-corrected chi connectivity index (χ1v) is 7.95. The highest BCUT2D eigenvalue weighted by molar-refractivity contribution is 5.84. The lowest BCUT2D eigenvalue weighted by Crippen LogP contribution is -2.42. The fourth-order valence-corrected chi connectivity index (χ4v) is 3.30. The van der Waals surface area contributed by atoms with Crippen molar-refractivity contribution < 1.29 is 9.53 Å². The van der Waals surface area contributed by atoms with E-state index in [2.05, 4.69) is 38.2 Å². The molecule has 0 radical (unpaired) electrons. The van der Waals surface area contributed by atoms with E-state index in [1.165, 1.54) is 16.7 Å². The first kappa shape index (κ1) is 14.9. The molecule has 0 saturated carbocycles. The summed E-state index contributed by atoms with van der Waals surface area (Å²) in [6, 6.07) is 4.06. The zero-order chi connectivity index (χ0) is 15.9. The SMILES string of the molecule is COc1ccc(C)c2c1NC1C(=C2)CCN1C(=O)CC(C)C. The Morgan fingerprint density at radius 1 is 1.45 bits per heavy atom. The van der Waals surface area contributed by atoms with E-state index in [4.69, 9.17) is 4.74 Å². The molecule has 1 unspecified atom stereocenters. The van der Waals surface area contributed by atoms with Gasteiger partial charge in [0, 0.05) is 18.5 Å². The molecular formula is C18H24N2O2. The third-order valence-corrected chi connectivity index (χ3v) is 4.46. The molecule has 0 bridgehead atoms. The predicted molar refractivity (Wildman–Crippen MR) is 88.9 cm³/mol. The topological polar surface area (TPSA) is 41.6 Å². The van der Waals surface area contributed by atoms with E-state index in [1.54, 1.807) is 7.11 Å². The van der Waals surface area contributed by atoms with Crippen molar-refractivity contribution >= 4 is 17.7 Å². The molecule has 22 heavy (non-hydrogen) atoms. The van der Waals surface area contributed by atoms with Crippen LogP contribution in [-0.2, 0) is 4.79 Å². The van der Waals surface area contributed by atoms with Crippen LogP contribution in [0, 0.1) is 12.8 Å². The van der Waals surface area contributed by atoms with E-state index in [-0.39, 0.29) is 12.1 Å². The highest BCUT2D eigenvalue weighted by atomic mass is 16.5.